The Morgan fingerprint density at radius 2 is 2.19 bits per heavy atom. The van der Waals surface area contributed by atoms with E-state index in [1.165, 1.54) is 13.3 Å². The van der Waals surface area contributed by atoms with Crippen molar-refractivity contribution in [3.8, 4) is 17.1 Å². The first-order valence-corrected chi connectivity index (χ1v) is 5.24. The molecule has 0 aliphatic heterocycles. The largest absolute Gasteiger partial charge is 0.490 e. The fraction of sp³-hybridized carbons (Fsp3) is 0.100. The minimum Gasteiger partial charge on any atom is -0.490 e. The maximum Gasteiger partial charge on any atom is 0.293 e. The van der Waals surface area contributed by atoms with E-state index in [0.29, 0.717) is 5.82 Å². The van der Waals surface area contributed by atoms with Crippen LogP contribution in [0.2, 0.25) is 0 Å². The topological polar surface area (TPSA) is 67.9 Å². The lowest BCUT2D eigenvalue weighted by Crippen LogP contribution is -2.11. The fourth-order valence-electron chi connectivity index (χ4n) is 1.22. The molecular weight excluding hydrogens is 274 g/mol. The number of hydrogen-bond acceptors (Lipinski definition) is 4. The number of halogens is 1. The van der Waals surface area contributed by atoms with E-state index in [-0.39, 0.29) is 11.3 Å². The van der Waals surface area contributed by atoms with E-state index in [1.807, 2.05) is 6.07 Å². The normalized spacial score (nSPS) is 10.1. The predicted molar refractivity (Wildman–Crippen MR) is 62.3 cm³/mol. The highest BCUT2D eigenvalue weighted by molar-refractivity contribution is 9.10. The second kappa shape index (κ2) is 4.44. The van der Waals surface area contributed by atoms with E-state index in [2.05, 4.69) is 30.9 Å². The van der Waals surface area contributed by atoms with Gasteiger partial charge in [0.25, 0.3) is 5.56 Å². The molecule has 2 aromatic rings. The van der Waals surface area contributed by atoms with E-state index in [9.17, 15) is 4.79 Å². The highest BCUT2D eigenvalue weighted by atomic mass is 79.9. The molecular formula is C10H8BrN3O2. The molecule has 0 spiro atoms. The lowest BCUT2D eigenvalue weighted by atomic mass is 10.3. The van der Waals surface area contributed by atoms with Gasteiger partial charge >= 0.3 is 0 Å². The highest BCUT2D eigenvalue weighted by Crippen LogP contribution is 2.17. The summed E-state index contributed by atoms with van der Waals surface area (Å²) >= 11 is 3.30. The smallest absolute Gasteiger partial charge is 0.293 e. The number of rotatable bonds is 2. The second-order valence-corrected chi connectivity index (χ2v) is 3.94. The van der Waals surface area contributed by atoms with Gasteiger partial charge in [0, 0.05) is 22.4 Å². The van der Waals surface area contributed by atoms with Crippen molar-refractivity contribution in [3.63, 3.8) is 0 Å². The molecule has 0 radical (unpaired) electrons. The second-order valence-electron chi connectivity index (χ2n) is 3.02. The van der Waals surface area contributed by atoms with Crippen molar-refractivity contribution >= 4 is 15.9 Å². The molecule has 0 unspecified atom stereocenters. The summed E-state index contributed by atoms with van der Waals surface area (Å²) in [7, 11) is 1.42. The molecule has 0 atom stereocenters. The number of aromatic nitrogens is 3. The van der Waals surface area contributed by atoms with E-state index in [0.717, 1.165) is 10.0 Å². The number of nitrogens with one attached hydrogen (secondary N) is 1. The lowest BCUT2D eigenvalue weighted by molar-refractivity contribution is 0.406. The maximum atomic E-state index is 11.5. The van der Waals surface area contributed by atoms with Gasteiger partial charge in [-0.15, -0.1) is 0 Å². The molecule has 16 heavy (non-hydrogen) atoms. The van der Waals surface area contributed by atoms with Gasteiger partial charge in [0.2, 0.25) is 5.75 Å². The Morgan fingerprint density at radius 3 is 2.81 bits per heavy atom. The third-order valence-corrected chi connectivity index (χ3v) is 2.40. The van der Waals surface area contributed by atoms with Crippen LogP contribution >= 0.6 is 15.9 Å². The Labute approximate surface area is 99.7 Å². The highest BCUT2D eigenvalue weighted by Gasteiger charge is 2.05. The van der Waals surface area contributed by atoms with Crippen molar-refractivity contribution in [2.24, 2.45) is 0 Å². The van der Waals surface area contributed by atoms with Crippen molar-refractivity contribution in [1.82, 2.24) is 15.0 Å². The minimum absolute atomic E-state index is 0.187. The van der Waals surface area contributed by atoms with Crippen LogP contribution in [-0.2, 0) is 0 Å². The van der Waals surface area contributed by atoms with Crippen molar-refractivity contribution < 1.29 is 4.74 Å². The van der Waals surface area contributed by atoms with Crippen LogP contribution in [0.4, 0.5) is 0 Å². The molecule has 82 valence electrons. The quantitative estimate of drug-likeness (QED) is 0.908. The van der Waals surface area contributed by atoms with Crippen molar-refractivity contribution in [2.75, 3.05) is 7.11 Å². The molecule has 0 fully saturated rings. The van der Waals surface area contributed by atoms with E-state index < -0.39 is 0 Å². The van der Waals surface area contributed by atoms with Crippen LogP contribution in [-0.4, -0.2) is 22.1 Å². The van der Waals surface area contributed by atoms with Crippen LogP contribution in [0.3, 0.4) is 0 Å². The van der Waals surface area contributed by atoms with Crippen LogP contribution in [0, 0.1) is 0 Å². The van der Waals surface area contributed by atoms with Crippen LogP contribution in [0.15, 0.2) is 33.9 Å². The van der Waals surface area contributed by atoms with E-state index in [1.54, 1.807) is 12.4 Å². The standard InChI is InChI=1S/C10H8BrN3O2/c1-16-8-5-13-9(14-10(8)15)6-2-7(11)4-12-3-6/h2-5H,1H3,(H,13,14,15). The predicted octanol–water partition coefficient (Wildman–Crippen LogP) is 1.60. The van der Waals surface area contributed by atoms with Gasteiger partial charge in [-0.1, -0.05) is 0 Å². The lowest BCUT2D eigenvalue weighted by Gasteiger charge is -2.02. The number of hydrogen-bond donors (Lipinski definition) is 1. The molecule has 5 nitrogen and oxygen atoms in total. The average Bonchev–Trinajstić information content (AvgIpc) is 2.29. The van der Waals surface area contributed by atoms with Crippen molar-refractivity contribution in [3.05, 3.63) is 39.5 Å². The molecule has 0 bridgehead atoms. The van der Waals surface area contributed by atoms with Crippen molar-refractivity contribution in [1.29, 1.82) is 0 Å². The summed E-state index contributed by atoms with van der Waals surface area (Å²) in [6.07, 6.45) is 4.66. The van der Waals surface area contributed by atoms with Crippen LogP contribution < -0.4 is 10.3 Å². The molecule has 2 rings (SSSR count). The third-order valence-electron chi connectivity index (χ3n) is 1.96. The Balaban J connectivity index is 2.49. The fourth-order valence-corrected chi connectivity index (χ4v) is 1.58. The SMILES string of the molecule is COc1cnc(-c2cncc(Br)c2)[nH]c1=O. The molecule has 0 saturated carbocycles. The van der Waals surface area contributed by atoms with Gasteiger partial charge in [-0.2, -0.15) is 0 Å². The maximum absolute atomic E-state index is 11.5. The first kappa shape index (κ1) is 10.8. The third kappa shape index (κ3) is 2.11. The van der Waals surface area contributed by atoms with Gasteiger partial charge in [0.05, 0.1) is 13.3 Å². The number of methoxy groups -OCH3 is 1. The average molecular weight is 282 g/mol. The molecule has 2 heterocycles. The Kier molecular flexibility index (Phi) is 3.00. The Hall–Kier alpha value is -1.69. The first-order valence-electron chi connectivity index (χ1n) is 4.45. The molecule has 0 amide bonds. The van der Waals surface area contributed by atoms with Gasteiger partial charge in [-0.05, 0) is 22.0 Å². The number of nitrogens with zero attached hydrogens (tertiary/aromatic N) is 2. The van der Waals surface area contributed by atoms with Crippen LogP contribution in [0.1, 0.15) is 0 Å². The summed E-state index contributed by atoms with van der Waals surface area (Å²) in [6.45, 7) is 0. The van der Waals surface area contributed by atoms with Gasteiger partial charge in [0.1, 0.15) is 5.82 Å². The number of ether oxygens (including phenoxy) is 1. The zero-order chi connectivity index (χ0) is 11.5. The van der Waals surface area contributed by atoms with E-state index in [4.69, 9.17) is 4.74 Å². The Morgan fingerprint density at radius 1 is 1.38 bits per heavy atom. The van der Waals surface area contributed by atoms with Crippen LogP contribution in [0.25, 0.3) is 11.4 Å². The monoisotopic (exact) mass is 281 g/mol. The molecule has 6 heteroatoms. The van der Waals surface area contributed by atoms with Gasteiger partial charge in [-0.3, -0.25) is 9.78 Å². The summed E-state index contributed by atoms with van der Waals surface area (Å²) in [5, 5.41) is 0. The zero-order valence-electron chi connectivity index (χ0n) is 8.40. The first-order chi connectivity index (χ1) is 7.70. The minimum atomic E-state index is -0.313. The van der Waals surface area contributed by atoms with Crippen molar-refractivity contribution in [2.45, 2.75) is 0 Å². The summed E-state index contributed by atoms with van der Waals surface area (Å²) in [4.78, 5) is 22.2. The molecule has 0 aliphatic carbocycles. The molecule has 0 saturated heterocycles. The Bertz CT molecular complexity index is 568. The van der Waals surface area contributed by atoms with Crippen LogP contribution in [0.5, 0.6) is 5.75 Å². The number of pyridine rings is 1. The van der Waals surface area contributed by atoms with Gasteiger partial charge in [0.15, 0.2) is 0 Å². The summed E-state index contributed by atoms with van der Waals surface area (Å²) < 4.78 is 5.65. The molecule has 1 N–H and O–H groups in total. The number of aromatic amines is 1. The summed E-state index contributed by atoms with van der Waals surface area (Å²) in [5.74, 6) is 0.645. The van der Waals surface area contributed by atoms with Gasteiger partial charge in [-0.25, -0.2) is 4.98 Å². The number of H-pyrrole nitrogens is 1. The van der Waals surface area contributed by atoms with Gasteiger partial charge < -0.3 is 9.72 Å². The summed E-state index contributed by atoms with van der Waals surface area (Å²) in [6, 6.07) is 1.82. The molecule has 0 aliphatic rings. The summed E-state index contributed by atoms with van der Waals surface area (Å²) in [5.41, 5.74) is 0.418. The zero-order valence-corrected chi connectivity index (χ0v) is 9.98. The van der Waals surface area contributed by atoms with E-state index >= 15 is 0 Å². The molecule has 2 aromatic heterocycles. The molecule has 0 aromatic carbocycles.